The van der Waals surface area contributed by atoms with Gasteiger partial charge in [-0.3, -0.25) is 0 Å². The molecule has 0 bridgehead atoms. The van der Waals surface area contributed by atoms with Gasteiger partial charge in [-0.15, -0.1) is 0 Å². The molecule has 0 saturated heterocycles. The molecule has 1 fully saturated rings. The summed E-state index contributed by atoms with van der Waals surface area (Å²) in [6.45, 7) is 0. The van der Waals surface area contributed by atoms with Gasteiger partial charge in [-0.25, -0.2) is 0 Å². The highest BCUT2D eigenvalue weighted by Gasteiger charge is 2.17. The third-order valence-electron chi connectivity index (χ3n) is 2.52. The summed E-state index contributed by atoms with van der Waals surface area (Å²) in [7, 11) is 0. The second kappa shape index (κ2) is 3.75. The normalized spacial score (nSPS) is 19.8. The van der Waals surface area contributed by atoms with Gasteiger partial charge in [0.25, 0.3) is 0 Å². The summed E-state index contributed by atoms with van der Waals surface area (Å²) in [4.78, 5) is 0. The topological polar surface area (TPSA) is 12.9 Å². The monoisotopic (exact) mass is 201 g/mol. The fraction of sp³-hybridized carbons (Fsp3) is 0.667. The molecular weight excluding hydrogens is 190 g/mol. The van der Waals surface area contributed by atoms with Crippen molar-refractivity contribution < 1.29 is 0 Å². The first-order chi connectivity index (χ1) is 5.86. The van der Waals surface area contributed by atoms with E-state index in [9.17, 15) is 0 Å². The molecule has 66 valence electrons. The van der Waals surface area contributed by atoms with E-state index in [2.05, 4.69) is 4.37 Å². The van der Waals surface area contributed by atoms with Crippen LogP contribution in [0.4, 0.5) is 0 Å². The highest BCUT2D eigenvalue weighted by molar-refractivity contribution is 7.10. The van der Waals surface area contributed by atoms with Crippen LogP contribution >= 0.6 is 23.1 Å². The van der Waals surface area contributed by atoms with Crippen LogP contribution in [0.3, 0.4) is 0 Å². The first kappa shape index (κ1) is 8.52. The van der Waals surface area contributed by atoms with Crippen LogP contribution in [0.5, 0.6) is 0 Å². The molecule has 0 unspecified atom stereocenters. The Hall–Kier alpha value is -0.0800. The van der Waals surface area contributed by atoms with E-state index in [4.69, 9.17) is 11.6 Å². The van der Waals surface area contributed by atoms with Gasteiger partial charge in [0.1, 0.15) is 4.34 Å². The fourth-order valence-corrected chi connectivity index (χ4v) is 2.64. The summed E-state index contributed by atoms with van der Waals surface area (Å²) in [5.41, 5.74) is 1.23. The standard InChI is InChI=1S/C9H12ClNS/c10-9-6-8(11-12-9)7-4-2-1-3-5-7/h6-7H,1-5H2. The van der Waals surface area contributed by atoms with Crippen molar-refractivity contribution in [2.45, 2.75) is 38.0 Å². The van der Waals surface area contributed by atoms with Crippen LogP contribution in [0.15, 0.2) is 6.07 Å². The zero-order valence-electron chi connectivity index (χ0n) is 6.92. The predicted molar refractivity (Wildman–Crippen MR) is 53.0 cm³/mol. The van der Waals surface area contributed by atoms with Crippen LogP contribution in [0.2, 0.25) is 4.34 Å². The molecule has 2 rings (SSSR count). The van der Waals surface area contributed by atoms with Crippen LogP contribution in [0.25, 0.3) is 0 Å². The number of hydrogen-bond acceptors (Lipinski definition) is 2. The average Bonchev–Trinajstić information content (AvgIpc) is 2.54. The minimum atomic E-state index is 0.697. The molecule has 1 aliphatic carbocycles. The molecule has 0 aromatic carbocycles. The molecule has 1 nitrogen and oxygen atoms in total. The summed E-state index contributed by atoms with van der Waals surface area (Å²) in [5, 5.41) is 0. The summed E-state index contributed by atoms with van der Waals surface area (Å²) >= 11 is 7.25. The summed E-state index contributed by atoms with van der Waals surface area (Å²) < 4.78 is 5.18. The lowest BCUT2D eigenvalue weighted by Gasteiger charge is -2.19. The highest BCUT2D eigenvalue weighted by Crippen LogP contribution is 2.33. The Balaban J connectivity index is 2.08. The van der Waals surface area contributed by atoms with Crippen molar-refractivity contribution in [2.75, 3.05) is 0 Å². The van der Waals surface area contributed by atoms with Crippen LogP contribution in [0.1, 0.15) is 43.7 Å². The molecular formula is C9H12ClNS. The van der Waals surface area contributed by atoms with Crippen molar-refractivity contribution in [3.8, 4) is 0 Å². The minimum absolute atomic E-state index is 0.697. The SMILES string of the molecule is Clc1cc(C2CCCCC2)ns1. The molecule has 1 aliphatic rings. The molecule has 1 aromatic rings. The van der Waals surface area contributed by atoms with Crippen molar-refractivity contribution in [3.63, 3.8) is 0 Å². The Morgan fingerprint density at radius 1 is 1.33 bits per heavy atom. The van der Waals surface area contributed by atoms with E-state index in [-0.39, 0.29) is 0 Å². The largest absolute Gasteiger partial charge is 0.196 e. The second-order valence-electron chi connectivity index (χ2n) is 3.39. The van der Waals surface area contributed by atoms with Crippen molar-refractivity contribution in [2.24, 2.45) is 0 Å². The Kier molecular flexibility index (Phi) is 2.66. The number of halogens is 1. The lowest BCUT2D eigenvalue weighted by Crippen LogP contribution is -2.04. The maximum Gasteiger partial charge on any atom is 0.114 e. The Morgan fingerprint density at radius 3 is 2.67 bits per heavy atom. The van der Waals surface area contributed by atoms with Gasteiger partial charge in [0.05, 0.1) is 5.69 Å². The van der Waals surface area contributed by atoms with Crippen molar-refractivity contribution in [1.82, 2.24) is 4.37 Å². The molecule has 0 atom stereocenters. The summed E-state index contributed by atoms with van der Waals surface area (Å²) in [6, 6.07) is 2.03. The Morgan fingerprint density at radius 2 is 2.08 bits per heavy atom. The number of nitrogens with zero attached hydrogens (tertiary/aromatic N) is 1. The molecule has 3 heteroatoms. The van der Waals surface area contributed by atoms with E-state index in [0.717, 1.165) is 4.34 Å². The second-order valence-corrected chi connectivity index (χ2v) is 4.83. The summed E-state index contributed by atoms with van der Waals surface area (Å²) in [6.07, 6.45) is 6.73. The highest BCUT2D eigenvalue weighted by atomic mass is 35.5. The smallest absolute Gasteiger partial charge is 0.114 e. The van der Waals surface area contributed by atoms with Gasteiger partial charge in [0.15, 0.2) is 0 Å². The van der Waals surface area contributed by atoms with E-state index in [1.165, 1.54) is 49.3 Å². The molecule has 12 heavy (non-hydrogen) atoms. The molecule has 1 aromatic heterocycles. The lowest BCUT2D eigenvalue weighted by molar-refractivity contribution is 0.439. The number of aromatic nitrogens is 1. The van der Waals surface area contributed by atoms with E-state index in [0.29, 0.717) is 5.92 Å². The van der Waals surface area contributed by atoms with Gasteiger partial charge in [0.2, 0.25) is 0 Å². The summed E-state index contributed by atoms with van der Waals surface area (Å²) in [5.74, 6) is 0.697. The lowest BCUT2D eigenvalue weighted by atomic mass is 9.87. The van der Waals surface area contributed by atoms with Gasteiger partial charge in [-0.1, -0.05) is 30.9 Å². The van der Waals surface area contributed by atoms with E-state index >= 15 is 0 Å². The van der Waals surface area contributed by atoms with Crippen LogP contribution < -0.4 is 0 Å². The van der Waals surface area contributed by atoms with Gasteiger partial charge in [-0.05, 0) is 30.4 Å². The van der Waals surface area contributed by atoms with E-state index < -0.39 is 0 Å². The molecule has 0 aliphatic heterocycles. The first-order valence-corrected chi connectivity index (χ1v) is 5.63. The van der Waals surface area contributed by atoms with Crippen LogP contribution in [0, 0.1) is 0 Å². The molecule has 1 heterocycles. The van der Waals surface area contributed by atoms with Crippen LogP contribution in [-0.4, -0.2) is 4.37 Å². The van der Waals surface area contributed by atoms with Crippen molar-refractivity contribution in [1.29, 1.82) is 0 Å². The number of hydrogen-bond donors (Lipinski definition) is 0. The van der Waals surface area contributed by atoms with E-state index in [1.54, 1.807) is 0 Å². The van der Waals surface area contributed by atoms with Gasteiger partial charge < -0.3 is 0 Å². The van der Waals surface area contributed by atoms with Crippen LogP contribution in [-0.2, 0) is 0 Å². The van der Waals surface area contributed by atoms with Crippen molar-refractivity contribution >= 4 is 23.1 Å². The van der Waals surface area contributed by atoms with Crippen molar-refractivity contribution in [3.05, 3.63) is 16.1 Å². The molecule has 0 N–H and O–H groups in total. The Labute approximate surface area is 81.9 Å². The quantitative estimate of drug-likeness (QED) is 0.673. The van der Waals surface area contributed by atoms with E-state index in [1.807, 2.05) is 6.07 Å². The molecule has 0 amide bonds. The third kappa shape index (κ3) is 1.80. The molecule has 1 saturated carbocycles. The number of rotatable bonds is 1. The first-order valence-electron chi connectivity index (χ1n) is 4.48. The maximum absolute atomic E-state index is 5.84. The molecule has 0 radical (unpaired) electrons. The fourth-order valence-electron chi connectivity index (χ4n) is 1.86. The van der Waals surface area contributed by atoms with Gasteiger partial charge in [-0.2, -0.15) is 4.37 Å². The van der Waals surface area contributed by atoms with Gasteiger partial charge in [0, 0.05) is 5.92 Å². The average molecular weight is 202 g/mol. The zero-order valence-corrected chi connectivity index (χ0v) is 8.50. The third-order valence-corrected chi connectivity index (χ3v) is 3.43. The minimum Gasteiger partial charge on any atom is -0.196 e. The molecule has 0 spiro atoms. The Bertz CT molecular complexity index is 253. The maximum atomic E-state index is 5.84. The zero-order chi connectivity index (χ0) is 8.39. The van der Waals surface area contributed by atoms with Gasteiger partial charge >= 0.3 is 0 Å². The predicted octanol–water partition coefficient (Wildman–Crippen LogP) is 3.84.